The summed E-state index contributed by atoms with van der Waals surface area (Å²) >= 11 is 5.93. The number of carbonyl (C=O) groups excluding carboxylic acids is 1. The second-order valence-electron chi connectivity index (χ2n) is 7.80. The lowest BCUT2D eigenvalue weighted by Gasteiger charge is -2.37. The molecule has 1 N–H and O–H groups in total. The van der Waals surface area contributed by atoms with Crippen molar-refractivity contribution in [2.24, 2.45) is 0 Å². The molecule has 146 valence electrons. The summed E-state index contributed by atoms with van der Waals surface area (Å²) in [5.74, 6) is 1.78. The first-order valence-electron chi connectivity index (χ1n) is 9.61. The molecule has 4 rings (SSSR count). The summed E-state index contributed by atoms with van der Waals surface area (Å²) < 4.78 is 5.99. The van der Waals surface area contributed by atoms with Crippen LogP contribution in [0, 0.1) is 0 Å². The van der Waals surface area contributed by atoms with Crippen molar-refractivity contribution in [2.75, 3.05) is 13.1 Å². The Kier molecular flexibility index (Phi) is 5.02. The smallest absolute Gasteiger partial charge is 0.266 e. The molecular weight excluding hydrogens is 374 g/mol. The van der Waals surface area contributed by atoms with Crippen molar-refractivity contribution in [1.29, 1.82) is 0 Å². The maximum atomic E-state index is 13.2. The highest BCUT2D eigenvalue weighted by atomic mass is 35.5. The van der Waals surface area contributed by atoms with Gasteiger partial charge in [0.15, 0.2) is 5.60 Å². The number of halogens is 1. The van der Waals surface area contributed by atoms with Crippen molar-refractivity contribution < 1.29 is 9.53 Å². The van der Waals surface area contributed by atoms with E-state index in [1.165, 1.54) is 0 Å². The Labute approximate surface area is 169 Å². The van der Waals surface area contributed by atoms with Crippen LogP contribution in [0.5, 0.6) is 5.75 Å². The molecule has 0 unspecified atom stereocenters. The molecule has 2 aromatic carbocycles. The van der Waals surface area contributed by atoms with E-state index in [9.17, 15) is 4.79 Å². The number of ether oxygens (including phenoxy) is 1. The Hall–Kier alpha value is -2.53. The monoisotopic (exact) mass is 397 g/mol. The van der Waals surface area contributed by atoms with Crippen molar-refractivity contribution in [3.63, 3.8) is 0 Å². The minimum atomic E-state index is -0.955. The van der Waals surface area contributed by atoms with Crippen molar-refractivity contribution in [3.8, 4) is 5.75 Å². The Bertz CT molecular complexity index is 948. The summed E-state index contributed by atoms with van der Waals surface area (Å²) in [6.07, 6.45) is 1.96. The summed E-state index contributed by atoms with van der Waals surface area (Å²) in [5, 5.41) is 0.640. The van der Waals surface area contributed by atoms with Crippen LogP contribution < -0.4 is 4.74 Å². The SMILES string of the molecule is CC(C)(Oc1ccc(Cl)cc1)C(=O)N1CCC[C@H](c2nc3ccccc3[nH]2)C1. The van der Waals surface area contributed by atoms with Crippen LogP contribution >= 0.6 is 11.6 Å². The number of hydrogen-bond donors (Lipinski definition) is 1. The number of imidazole rings is 1. The molecule has 6 heteroatoms. The lowest BCUT2D eigenvalue weighted by atomic mass is 9.95. The molecule has 1 saturated heterocycles. The molecule has 0 saturated carbocycles. The fourth-order valence-electron chi connectivity index (χ4n) is 3.77. The van der Waals surface area contributed by atoms with Crippen molar-refractivity contribution in [3.05, 3.63) is 59.4 Å². The van der Waals surface area contributed by atoms with Crippen LogP contribution in [0.15, 0.2) is 48.5 Å². The third-order valence-corrected chi connectivity index (χ3v) is 5.46. The van der Waals surface area contributed by atoms with Gasteiger partial charge in [0.05, 0.1) is 11.0 Å². The molecule has 0 spiro atoms. The van der Waals surface area contributed by atoms with Crippen LogP contribution in [0.2, 0.25) is 5.02 Å². The van der Waals surface area contributed by atoms with Gasteiger partial charge in [0, 0.05) is 24.0 Å². The van der Waals surface area contributed by atoms with E-state index in [-0.39, 0.29) is 11.8 Å². The zero-order chi connectivity index (χ0) is 19.7. The van der Waals surface area contributed by atoms with Gasteiger partial charge in [-0.15, -0.1) is 0 Å². The van der Waals surface area contributed by atoms with Gasteiger partial charge in [0.2, 0.25) is 0 Å². The fraction of sp³-hybridized carbons (Fsp3) is 0.364. The normalized spacial score (nSPS) is 17.7. The van der Waals surface area contributed by atoms with E-state index < -0.39 is 5.60 Å². The number of para-hydroxylation sites is 2. The van der Waals surface area contributed by atoms with Crippen LogP contribution in [-0.4, -0.2) is 39.5 Å². The highest BCUT2D eigenvalue weighted by molar-refractivity contribution is 6.30. The predicted molar refractivity (Wildman–Crippen MR) is 111 cm³/mol. The predicted octanol–water partition coefficient (Wildman–Crippen LogP) is 4.78. The second kappa shape index (κ2) is 7.47. The average Bonchev–Trinajstić information content (AvgIpc) is 3.13. The van der Waals surface area contributed by atoms with Gasteiger partial charge < -0.3 is 14.6 Å². The zero-order valence-corrected chi connectivity index (χ0v) is 16.9. The number of aromatic nitrogens is 2. The van der Waals surface area contributed by atoms with Crippen molar-refractivity contribution >= 4 is 28.5 Å². The van der Waals surface area contributed by atoms with Crippen LogP contribution in [0.1, 0.15) is 38.4 Å². The van der Waals surface area contributed by atoms with Gasteiger partial charge in [-0.25, -0.2) is 4.98 Å². The molecule has 1 atom stereocenters. The molecule has 28 heavy (non-hydrogen) atoms. The number of H-pyrrole nitrogens is 1. The van der Waals surface area contributed by atoms with E-state index in [0.717, 1.165) is 36.2 Å². The summed E-state index contributed by atoms with van der Waals surface area (Å²) in [6, 6.07) is 15.1. The number of nitrogens with one attached hydrogen (secondary N) is 1. The maximum Gasteiger partial charge on any atom is 0.266 e. The molecule has 2 heterocycles. The number of fused-ring (bicyclic) bond motifs is 1. The molecule has 1 aromatic heterocycles. The van der Waals surface area contributed by atoms with E-state index in [1.54, 1.807) is 24.3 Å². The van der Waals surface area contributed by atoms with Gasteiger partial charge in [-0.1, -0.05) is 23.7 Å². The summed E-state index contributed by atoms with van der Waals surface area (Å²) in [7, 11) is 0. The summed E-state index contributed by atoms with van der Waals surface area (Å²) in [4.78, 5) is 23.2. The first-order valence-corrected chi connectivity index (χ1v) is 9.99. The number of nitrogens with zero attached hydrogens (tertiary/aromatic N) is 2. The third-order valence-electron chi connectivity index (χ3n) is 5.20. The van der Waals surface area contributed by atoms with E-state index in [0.29, 0.717) is 17.3 Å². The van der Waals surface area contributed by atoms with E-state index in [4.69, 9.17) is 21.3 Å². The second-order valence-corrected chi connectivity index (χ2v) is 8.23. The number of likely N-dealkylation sites (tertiary alicyclic amines) is 1. The molecule has 0 aliphatic carbocycles. The first-order chi connectivity index (χ1) is 13.4. The molecule has 0 radical (unpaired) electrons. The lowest BCUT2D eigenvalue weighted by molar-refractivity contribution is -0.146. The molecule has 3 aromatic rings. The van der Waals surface area contributed by atoms with E-state index in [1.807, 2.05) is 43.0 Å². The van der Waals surface area contributed by atoms with Gasteiger partial charge >= 0.3 is 0 Å². The maximum absolute atomic E-state index is 13.2. The Morgan fingerprint density at radius 1 is 1.21 bits per heavy atom. The standard InChI is InChI=1S/C22H24ClN3O2/c1-22(2,28-17-11-9-16(23)10-12-17)21(27)26-13-5-6-15(14-26)20-24-18-7-3-4-8-19(18)25-20/h3-4,7-12,15H,5-6,13-14H2,1-2H3,(H,24,25)/t15-/m0/s1. The zero-order valence-electron chi connectivity index (χ0n) is 16.1. The Morgan fingerprint density at radius 2 is 1.96 bits per heavy atom. The van der Waals surface area contributed by atoms with Gasteiger partial charge in [-0.05, 0) is 63.1 Å². The molecule has 0 bridgehead atoms. The number of hydrogen-bond acceptors (Lipinski definition) is 3. The van der Waals surface area contributed by atoms with Crippen molar-refractivity contribution in [2.45, 2.75) is 38.2 Å². The van der Waals surface area contributed by atoms with Crippen molar-refractivity contribution in [1.82, 2.24) is 14.9 Å². The van der Waals surface area contributed by atoms with Gasteiger partial charge in [0.1, 0.15) is 11.6 Å². The van der Waals surface area contributed by atoms with E-state index >= 15 is 0 Å². The summed E-state index contributed by atoms with van der Waals surface area (Å²) in [6.45, 7) is 5.01. The van der Waals surface area contributed by atoms with Gasteiger partial charge in [0.25, 0.3) is 5.91 Å². The molecule has 1 amide bonds. The van der Waals surface area contributed by atoms with Gasteiger partial charge in [-0.2, -0.15) is 0 Å². The highest BCUT2D eigenvalue weighted by Crippen LogP contribution is 2.29. The number of piperidine rings is 1. The fourth-order valence-corrected chi connectivity index (χ4v) is 3.90. The number of rotatable bonds is 4. The third kappa shape index (κ3) is 3.85. The molecule has 1 aliphatic rings. The number of carbonyl (C=O) groups is 1. The Morgan fingerprint density at radius 3 is 2.71 bits per heavy atom. The minimum Gasteiger partial charge on any atom is -0.478 e. The molecule has 1 fully saturated rings. The lowest BCUT2D eigenvalue weighted by Crippen LogP contribution is -2.51. The van der Waals surface area contributed by atoms with Crippen LogP contribution in [-0.2, 0) is 4.79 Å². The number of aromatic amines is 1. The largest absolute Gasteiger partial charge is 0.478 e. The summed E-state index contributed by atoms with van der Waals surface area (Å²) in [5.41, 5.74) is 1.04. The van der Waals surface area contributed by atoms with Crippen LogP contribution in [0.4, 0.5) is 0 Å². The Balaban J connectivity index is 1.48. The van der Waals surface area contributed by atoms with Crippen LogP contribution in [0.25, 0.3) is 11.0 Å². The van der Waals surface area contributed by atoms with Crippen LogP contribution in [0.3, 0.4) is 0 Å². The molecule has 1 aliphatic heterocycles. The molecule has 5 nitrogen and oxygen atoms in total. The first kappa shape index (κ1) is 18.8. The minimum absolute atomic E-state index is 0.0109. The number of amides is 1. The average molecular weight is 398 g/mol. The quantitative estimate of drug-likeness (QED) is 0.689. The molecular formula is C22H24ClN3O2. The topological polar surface area (TPSA) is 58.2 Å². The van der Waals surface area contributed by atoms with Gasteiger partial charge in [-0.3, -0.25) is 4.79 Å². The number of benzene rings is 2. The highest BCUT2D eigenvalue weighted by Gasteiger charge is 2.37. The van der Waals surface area contributed by atoms with E-state index in [2.05, 4.69) is 4.98 Å².